The van der Waals surface area contributed by atoms with E-state index in [0.29, 0.717) is 18.0 Å². The maximum atomic E-state index is 8.86. The fourth-order valence-corrected chi connectivity index (χ4v) is 3.76. The second-order valence-electron chi connectivity index (χ2n) is 5.11. The molecule has 0 saturated heterocycles. The van der Waals surface area contributed by atoms with Crippen LogP contribution >= 0.6 is 23.1 Å². The Morgan fingerprint density at radius 2 is 2.08 bits per heavy atom. The van der Waals surface area contributed by atoms with Crippen LogP contribution in [0.4, 0.5) is 0 Å². The molecule has 25 heavy (non-hydrogen) atoms. The molecule has 0 aliphatic rings. The van der Waals surface area contributed by atoms with Crippen molar-refractivity contribution in [3.8, 4) is 22.7 Å². The highest BCUT2D eigenvalue weighted by atomic mass is 32.2. The van der Waals surface area contributed by atoms with Crippen molar-refractivity contribution >= 4 is 23.1 Å². The number of nitriles is 1. The van der Waals surface area contributed by atoms with Gasteiger partial charge in [0, 0.05) is 23.5 Å². The number of aromatic nitrogens is 3. The van der Waals surface area contributed by atoms with E-state index in [-0.39, 0.29) is 0 Å². The van der Waals surface area contributed by atoms with Gasteiger partial charge in [0.15, 0.2) is 10.8 Å². The van der Waals surface area contributed by atoms with E-state index in [2.05, 4.69) is 26.4 Å². The van der Waals surface area contributed by atoms with Gasteiger partial charge >= 0.3 is 0 Å². The highest BCUT2D eigenvalue weighted by molar-refractivity contribution is 7.98. The van der Waals surface area contributed by atoms with Gasteiger partial charge in [-0.15, -0.1) is 11.3 Å². The predicted octanol–water partition coefficient (Wildman–Crippen LogP) is 4.17. The van der Waals surface area contributed by atoms with Crippen LogP contribution < -0.4 is 4.74 Å². The number of nitrogens with zero attached hydrogens (tertiary/aromatic N) is 4. The maximum Gasteiger partial charge on any atom is 0.188 e. The number of rotatable bonds is 8. The lowest BCUT2D eigenvalue weighted by molar-refractivity contribution is 0.318. The van der Waals surface area contributed by atoms with E-state index >= 15 is 0 Å². The highest BCUT2D eigenvalue weighted by Gasteiger charge is 2.06. The van der Waals surface area contributed by atoms with Crippen LogP contribution in [-0.4, -0.2) is 27.3 Å². The number of benzene rings is 1. The van der Waals surface area contributed by atoms with E-state index in [1.165, 1.54) is 0 Å². The second kappa shape index (κ2) is 9.16. The molecule has 0 bridgehead atoms. The monoisotopic (exact) mass is 368 g/mol. The Labute approximate surface area is 154 Å². The third-order valence-corrected chi connectivity index (χ3v) is 5.19. The number of hydrogen-bond donors (Lipinski definition) is 0. The number of thiazole rings is 1. The average Bonchev–Trinajstić information content (AvgIpc) is 3.14. The van der Waals surface area contributed by atoms with Crippen LogP contribution in [0.5, 0.6) is 5.75 Å². The molecule has 0 N–H and O–H groups in total. The van der Waals surface area contributed by atoms with E-state index in [0.717, 1.165) is 34.4 Å². The summed E-state index contributed by atoms with van der Waals surface area (Å²) in [7, 11) is 0. The Morgan fingerprint density at radius 1 is 1.20 bits per heavy atom. The normalized spacial score (nSPS) is 10.4. The molecule has 3 rings (SSSR count). The van der Waals surface area contributed by atoms with Crippen LogP contribution in [0.1, 0.15) is 17.7 Å². The van der Waals surface area contributed by atoms with Crippen molar-refractivity contribution in [2.45, 2.75) is 12.2 Å². The summed E-state index contributed by atoms with van der Waals surface area (Å²) < 4.78 is 5.67. The van der Waals surface area contributed by atoms with Gasteiger partial charge in [-0.2, -0.15) is 17.0 Å². The van der Waals surface area contributed by atoms with Gasteiger partial charge < -0.3 is 4.74 Å². The molecule has 0 aliphatic carbocycles. The van der Waals surface area contributed by atoms with E-state index in [9.17, 15) is 0 Å². The third-order valence-electron chi connectivity index (χ3n) is 3.22. The second-order valence-corrected chi connectivity index (χ2v) is 7.07. The largest absolute Gasteiger partial charge is 0.494 e. The molecular weight excluding hydrogens is 352 g/mol. The Morgan fingerprint density at radius 3 is 2.92 bits per heavy atom. The van der Waals surface area contributed by atoms with Crippen molar-refractivity contribution in [2.75, 3.05) is 12.4 Å². The lowest BCUT2D eigenvalue weighted by Crippen LogP contribution is -1.99. The van der Waals surface area contributed by atoms with E-state index in [1.807, 2.05) is 23.9 Å². The molecule has 3 aromatic rings. The summed E-state index contributed by atoms with van der Waals surface area (Å²) >= 11 is 3.40. The third kappa shape index (κ3) is 5.28. The number of hydrogen-bond acceptors (Lipinski definition) is 7. The molecule has 2 aromatic heterocycles. The molecule has 7 heteroatoms. The zero-order chi connectivity index (χ0) is 17.3. The van der Waals surface area contributed by atoms with Crippen LogP contribution in [0, 0.1) is 11.3 Å². The van der Waals surface area contributed by atoms with E-state index < -0.39 is 0 Å². The highest BCUT2D eigenvalue weighted by Crippen LogP contribution is 2.22. The van der Waals surface area contributed by atoms with Gasteiger partial charge in [-0.3, -0.25) is 0 Å². The topological polar surface area (TPSA) is 71.7 Å². The summed E-state index contributed by atoms with van der Waals surface area (Å²) in [5.74, 6) is 3.28. The quantitative estimate of drug-likeness (QED) is 0.556. The average molecular weight is 368 g/mol. The molecule has 0 amide bonds. The molecule has 0 unspecified atom stereocenters. The lowest BCUT2D eigenvalue weighted by atomic mass is 10.2. The fourth-order valence-electron chi connectivity index (χ4n) is 2.07. The van der Waals surface area contributed by atoms with Crippen LogP contribution in [-0.2, 0) is 5.75 Å². The Kier molecular flexibility index (Phi) is 6.37. The van der Waals surface area contributed by atoms with E-state index in [4.69, 9.17) is 10.00 Å². The van der Waals surface area contributed by atoms with Crippen molar-refractivity contribution in [2.24, 2.45) is 0 Å². The molecular formula is C18H16N4OS2. The van der Waals surface area contributed by atoms with Crippen LogP contribution in [0.15, 0.2) is 48.1 Å². The number of ether oxygens (including phenoxy) is 1. The molecule has 0 aliphatic heterocycles. The number of thioether (sulfide) groups is 1. The first kappa shape index (κ1) is 17.4. The summed E-state index contributed by atoms with van der Waals surface area (Å²) in [5.41, 5.74) is 1.67. The predicted molar refractivity (Wildman–Crippen MR) is 101 cm³/mol. The Balaban J connectivity index is 1.36. The summed E-state index contributed by atoms with van der Waals surface area (Å²) in [6, 6.07) is 11.1. The van der Waals surface area contributed by atoms with Crippen molar-refractivity contribution in [3.63, 3.8) is 0 Å². The molecule has 126 valence electrons. The minimum atomic E-state index is 0.619. The fraction of sp³-hybridized carbons (Fsp3) is 0.222. The van der Waals surface area contributed by atoms with Gasteiger partial charge in [-0.25, -0.2) is 15.0 Å². The van der Waals surface area contributed by atoms with Gasteiger partial charge in [-0.1, -0.05) is 6.07 Å². The smallest absolute Gasteiger partial charge is 0.188 e. The Bertz CT molecular complexity index is 846. The van der Waals surface area contributed by atoms with Gasteiger partial charge in [0.1, 0.15) is 5.75 Å². The summed E-state index contributed by atoms with van der Waals surface area (Å²) in [6.07, 6.45) is 4.40. The molecule has 0 spiro atoms. The van der Waals surface area contributed by atoms with Gasteiger partial charge in [-0.05, 0) is 36.4 Å². The maximum absolute atomic E-state index is 8.86. The zero-order valence-corrected chi connectivity index (χ0v) is 15.1. The van der Waals surface area contributed by atoms with Gasteiger partial charge in [0.05, 0.1) is 23.9 Å². The molecule has 1 aromatic carbocycles. The molecule has 2 heterocycles. The summed E-state index contributed by atoms with van der Waals surface area (Å²) in [4.78, 5) is 13.0. The summed E-state index contributed by atoms with van der Waals surface area (Å²) in [6.45, 7) is 0.641. The van der Waals surface area contributed by atoms with Gasteiger partial charge in [0.2, 0.25) is 0 Å². The Hall–Kier alpha value is -2.43. The van der Waals surface area contributed by atoms with Crippen LogP contribution in [0.2, 0.25) is 0 Å². The molecule has 0 atom stereocenters. The van der Waals surface area contributed by atoms with Crippen molar-refractivity contribution in [3.05, 3.63) is 59.4 Å². The van der Waals surface area contributed by atoms with Crippen molar-refractivity contribution in [1.29, 1.82) is 5.26 Å². The van der Waals surface area contributed by atoms with Crippen LogP contribution in [0.25, 0.3) is 10.8 Å². The first-order valence-corrected chi connectivity index (χ1v) is 9.81. The van der Waals surface area contributed by atoms with Crippen LogP contribution in [0.3, 0.4) is 0 Å². The first-order valence-electron chi connectivity index (χ1n) is 7.77. The zero-order valence-electron chi connectivity index (χ0n) is 13.5. The molecule has 0 fully saturated rings. The first-order chi connectivity index (χ1) is 12.3. The van der Waals surface area contributed by atoms with E-state index in [1.54, 1.807) is 41.9 Å². The molecule has 0 saturated carbocycles. The minimum absolute atomic E-state index is 0.619. The van der Waals surface area contributed by atoms with Gasteiger partial charge in [0.25, 0.3) is 0 Å². The van der Waals surface area contributed by atoms with Crippen molar-refractivity contribution in [1.82, 2.24) is 15.0 Å². The van der Waals surface area contributed by atoms with Crippen molar-refractivity contribution < 1.29 is 4.74 Å². The standard InChI is InChI=1S/C18H16N4OS2/c19-11-14-4-1-5-16(10-14)23-8-3-9-24-12-15-13-25-18(22-15)17-20-6-2-7-21-17/h1-2,4-7,10,13H,3,8-9,12H2. The molecule has 5 nitrogen and oxygen atoms in total. The minimum Gasteiger partial charge on any atom is -0.494 e. The SMILES string of the molecule is N#Cc1cccc(OCCCSCc2csc(-c3ncccn3)n2)c1. The summed E-state index contributed by atoms with van der Waals surface area (Å²) in [5, 5.41) is 11.8. The molecule has 0 radical (unpaired) electrons. The lowest BCUT2D eigenvalue weighted by Gasteiger charge is -2.05.